The average Bonchev–Trinajstić information content (AvgIpc) is 3.04. The van der Waals surface area contributed by atoms with Gasteiger partial charge in [-0.25, -0.2) is 4.39 Å². The van der Waals surface area contributed by atoms with E-state index in [0.29, 0.717) is 17.0 Å². The van der Waals surface area contributed by atoms with Gasteiger partial charge in [0, 0.05) is 28.4 Å². The molecule has 1 aromatic heterocycles. The van der Waals surface area contributed by atoms with Crippen molar-refractivity contribution in [2.24, 2.45) is 0 Å². The smallest absolute Gasteiger partial charge is 0.284 e. The van der Waals surface area contributed by atoms with Gasteiger partial charge in [0.15, 0.2) is 5.83 Å². The van der Waals surface area contributed by atoms with Crippen LogP contribution in [0.4, 0.5) is 10.1 Å². The molecule has 4 nitrogen and oxygen atoms in total. The van der Waals surface area contributed by atoms with Gasteiger partial charge in [-0.05, 0) is 41.3 Å². The zero-order valence-electron chi connectivity index (χ0n) is 15.9. The molecule has 0 saturated carbocycles. The molecular formula is C22H23FN2O2. The number of benzene rings is 2. The molecule has 0 unspecified atom stereocenters. The van der Waals surface area contributed by atoms with Gasteiger partial charge in [0.2, 0.25) is 0 Å². The topological polar surface area (TPSA) is 54.1 Å². The number of aromatic nitrogens is 1. The number of aromatic amines is 1. The van der Waals surface area contributed by atoms with Crippen LogP contribution in [0.3, 0.4) is 0 Å². The minimum absolute atomic E-state index is 0.0160. The maximum Gasteiger partial charge on any atom is 0.284 e. The fourth-order valence-corrected chi connectivity index (χ4v) is 2.91. The van der Waals surface area contributed by atoms with E-state index in [4.69, 9.17) is 4.74 Å². The molecule has 2 aromatic carbocycles. The van der Waals surface area contributed by atoms with Gasteiger partial charge in [-0.1, -0.05) is 39.0 Å². The molecule has 0 saturated heterocycles. The second kappa shape index (κ2) is 7.27. The lowest BCUT2D eigenvalue weighted by Crippen LogP contribution is -2.13. The van der Waals surface area contributed by atoms with Crippen LogP contribution in [0.2, 0.25) is 0 Å². The molecule has 27 heavy (non-hydrogen) atoms. The van der Waals surface area contributed by atoms with Crippen molar-refractivity contribution in [2.45, 2.75) is 26.2 Å². The minimum atomic E-state index is -0.873. The Labute approximate surface area is 158 Å². The van der Waals surface area contributed by atoms with E-state index in [1.807, 2.05) is 24.3 Å². The van der Waals surface area contributed by atoms with Crippen molar-refractivity contribution < 1.29 is 13.9 Å². The van der Waals surface area contributed by atoms with E-state index in [0.717, 1.165) is 16.5 Å². The highest BCUT2D eigenvalue weighted by atomic mass is 19.1. The Morgan fingerprint density at radius 2 is 1.85 bits per heavy atom. The van der Waals surface area contributed by atoms with Gasteiger partial charge in [-0.3, -0.25) is 4.79 Å². The first-order valence-electron chi connectivity index (χ1n) is 8.73. The lowest BCUT2D eigenvalue weighted by Gasteiger charge is -2.19. The fourth-order valence-electron chi connectivity index (χ4n) is 2.91. The maximum atomic E-state index is 14.5. The number of fused-ring (bicyclic) bond motifs is 1. The highest BCUT2D eigenvalue weighted by Gasteiger charge is 2.15. The number of carbonyl (C=O) groups is 1. The van der Waals surface area contributed by atoms with Crippen LogP contribution in [-0.2, 0) is 10.2 Å². The van der Waals surface area contributed by atoms with Gasteiger partial charge in [0.25, 0.3) is 5.91 Å². The molecule has 2 N–H and O–H groups in total. The van der Waals surface area contributed by atoms with E-state index in [9.17, 15) is 9.18 Å². The SMILES string of the molecule is COc1cccc2[nH]cc(/C=C(/F)C(=O)Nc3ccc(C(C)(C)C)cc3)c12. The molecule has 140 valence electrons. The molecule has 0 aliphatic carbocycles. The Morgan fingerprint density at radius 3 is 2.48 bits per heavy atom. The molecule has 5 heteroatoms. The van der Waals surface area contributed by atoms with Crippen molar-refractivity contribution >= 4 is 28.6 Å². The van der Waals surface area contributed by atoms with Crippen molar-refractivity contribution in [2.75, 3.05) is 12.4 Å². The van der Waals surface area contributed by atoms with Crippen molar-refractivity contribution in [3.05, 3.63) is 65.6 Å². The number of halogens is 1. The Hall–Kier alpha value is -3.08. The monoisotopic (exact) mass is 366 g/mol. The minimum Gasteiger partial charge on any atom is -0.496 e. The second-order valence-electron chi connectivity index (χ2n) is 7.40. The summed E-state index contributed by atoms with van der Waals surface area (Å²) in [5.41, 5.74) is 3.07. The summed E-state index contributed by atoms with van der Waals surface area (Å²) >= 11 is 0. The standard InChI is InChI=1S/C22H23FN2O2/c1-22(2,3)15-8-10-16(11-9-15)25-21(26)17(23)12-14-13-24-18-6-5-7-19(27-4)20(14)18/h5-13,24H,1-4H3,(H,25,26)/b17-12+. The maximum absolute atomic E-state index is 14.5. The summed E-state index contributed by atoms with van der Waals surface area (Å²) in [6.45, 7) is 6.33. The van der Waals surface area contributed by atoms with E-state index in [1.54, 1.807) is 31.5 Å². The molecule has 1 heterocycles. The van der Waals surface area contributed by atoms with Gasteiger partial charge < -0.3 is 15.0 Å². The van der Waals surface area contributed by atoms with Crippen LogP contribution in [0.1, 0.15) is 31.9 Å². The first kappa shape index (κ1) is 18.7. The zero-order chi connectivity index (χ0) is 19.6. The van der Waals surface area contributed by atoms with Crippen LogP contribution in [0, 0.1) is 0 Å². The van der Waals surface area contributed by atoms with Gasteiger partial charge in [0.05, 0.1) is 7.11 Å². The number of amides is 1. The van der Waals surface area contributed by atoms with E-state index in [2.05, 4.69) is 31.1 Å². The number of nitrogens with one attached hydrogen (secondary N) is 2. The number of anilines is 1. The predicted octanol–water partition coefficient (Wildman–Crippen LogP) is 5.42. The number of rotatable bonds is 4. The van der Waals surface area contributed by atoms with Crippen molar-refractivity contribution in [1.29, 1.82) is 0 Å². The molecule has 0 radical (unpaired) electrons. The number of methoxy groups -OCH3 is 1. The number of hydrogen-bond acceptors (Lipinski definition) is 2. The summed E-state index contributed by atoms with van der Waals surface area (Å²) in [6.07, 6.45) is 2.86. The quantitative estimate of drug-likeness (QED) is 0.606. The average molecular weight is 366 g/mol. The second-order valence-corrected chi connectivity index (χ2v) is 7.40. The molecule has 0 bridgehead atoms. The molecule has 0 aliphatic heterocycles. The zero-order valence-corrected chi connectivity index (χ0v) is 15.9. The van der Waals surface area contributed by atoms with Crippen LogP contribution < -0.4 is 10.1 Å². The van der Waals surface area contributed by atoms with Crippen molar-refractivity contribution in [1.82, 2.24) is 4.98 Å². The molecule has 0 aliphatic rings. The van der Waals surface area contributed by atoms with Crippen LogP contribution in [0.5, 0.6) is 5.75 Å². The Kier molecular flexibility index (Phi) is 5.04. The van der Waals surface area contributed by atoms with Crippen LogP contribution in [0.25, 0.3) is 17.0 Å². The number of ether oxygens (including phenoxy) is 1. The Morgan fingerprint density at radius 1 is 1.15 bits per heavy atom. The van der Waals surface area contributed by atoms with Crippen LogP contribution >= 0.6 is 0 Å². The highest BCUT2D eigenvalue weighted by molar-refractivity contribution is 6.06. The fraction of sp³-hybridized carbons (Fsp3) is 0.227. The Bertz CT molecular complexity index is 995. The molecule has 1 amide bonds. The van der Waals surface area contributed by atoms with Gasteiger partial charge in [-0.15, -0.1) is 0 Å². The highest BCUT2D eigenvalue weighted by Crippen LogP contribution is 2.30. The largest absolute Gasteiger partial charge is 0.496 e. The molecule has 0 atom stereocenters. The lowest BCUT2D eigenvalue weighted by atomic mass is 9.87. The first-order valence-corrected chi connectivity index (χ1v) is 8.73. The van der Waals surface area contributed by atoms with Crippen molar-refractivity contribution in [3.8, 4) is 5.75 Å². The van der Waals surface area contributed by atoms with Gasteiger partial charge >= 0.3 is 0 Å². The number of hydrogen-bond donors (Lipinski definition) is 2. The van der Waals surface area contributed by atoms with E-state index in [-0.39, 0.29) is 5.41 Å². The van der Waals surface area contributed by atoms with E-state index in [1.165, 1.54) is 6.08 Å². The van der Waals surface area contributed by atoms with Gasteiger partial charge in [0.1, 0.15) is 5.75 Å². The molecule has 0 fully saturated rings. The summed E-state index contributed by atoms with van der Waals surface area (Å²) in [6, 6.07) is 12.9. The molecule has 3 rings (SSSR count). The third-order valence-corrected chi connectivity index (χ3v) is 4.43. The van der Waals surface area contributed by atoms with Crippen molar-refractivity contribution in [3.63, 3.8) is 0 Å². The third-order valence-electron chi connectivity index (χ3n) is 4.43. The third kappa shape index (κ3) is 4.03. The van der Waals surface area contributed by atoms with E-state index >= 15 is 0 Å². The summed E-state index contributed by atoms with van der Waals surface area (Å²) < 4.78 is 19.8. The summed E-state index contributed by atoms with van der Waals surface area (Å²) in [5.74, 6) is -1.05. The molecular weight excluding hydrogens is 343 g/mol. The van der Waals surface area contributed by atoms with E-state index < -0.39 is 11.7 Å². The summed E-state index contributed by atoms with van der Waals surface area (Å²) in [5, 5.41) is 3.32. The lowest BCUT2D eigenvalue weighted by molar-refractivity contribution is -0.114. The normalized spacial score (nSPS) is 12.3. The first-order chi connectivity index (χ1) is 12.8. The summed E-state index contributed by atoms with van der Waals surface area (Å²) in [7, 11) is 1.56. The van der Waals surface area contributed by atoms with Gasteiger partial charge in [-0.2, -0.15) is 0 Å². The molecule has 3 aromatic rings. The Balaban J connectivity index is 1.81. The molecule has 0 spiro atoms. The predicted molar refractivity (Wildman–Crippen MR) is 108 cm³/mol. The number of carbonyl (C=O) groups excluding carboxylic acids is 1. The van der Waals surface area contributed by atoms with Crippen LogP contribution in [0.15, 0.2) is 54.5 Å². The number of H-pyrrole nitrogens is 1. The van der Waals surface area contributed by atoms with Crippen LogP contribution in [-0.4, -0.2) is 18.0 Å². The summed E-state index contributed by atoms with van der Waals surface area (Å²) in [4.78, 5) is 15.3.